The standard InChI is InChI=1S/C17H27NO4S/c1-16(2,3)11-8-12-17(4,5)13-23(21,22)15-10-7-6-9-14(15)18(19)20/h6-7,9-10H,8,11-13H2,1-5H3. The molecule has 0 aromatic heterocycles. The zero-order valence-electron chi connectivity index (χ0n) is 14.6. The fourth-order valence-corrected chi connectivity index (χ4v) is 4.71. The average Bonchev–Trinajstić information content (AvgIpc) is 2.35. The van der Waals surface area contributed by atoms with Crippen LogP contribution in [0.15, 0.2) is 29.2 Å². The Morgan fingerprint density at radius 2 is 1.61 bits per heavy atom. The van der Waals surface area contributed by atoms with Gasteiger partial charge in [-0.15, -0.1) is 0 Å². The van der Waals surface area contributed by atoms with Crippen LogP contribution in [-0.4, -0.2) is 19.1 Å². The molecule has 0 spiro atoms. The van der Waals surface area contributed by atoms with Crippen LogP contribution in [0.4, 0.5) is 5.69 Å². The second-order valence-electron chi connectivity index (χ2n) is 8.06. The molecular formula is C17H27NO4S. The second kappa shape index (κ2) is 6.99. The predicted molar refractivity (Wildman–Crippen MR) is 92.2 cm³/mol. The number of para-hydroxylation sites is 1. The van der Waals surface area contributed by atoms with Gasteiger partial charge in [-0.2, -0.15) is 0 Å². The Morgan fingerprint density at radius 3 is 2.13 bits per heavy atom. The maximum absolute atomic E-state index is 12.6. The van der Waals surface area contributed by atoms with Crippen molar-refractivity contribution < 1.29 is 13.3 Å². The number of nitrogens with zero attached hydrogens (tertiary/aromatic N) is 1. The van der Waals surface area contributed by atoms with Gasteiger partial charge in [-0.3, -0.25) is 10.1 Å². The van der Waals surface area contributed by atoms with Crippen molar-refractivity contribution in [2.75, 3.05) is 5.75 Å². The highest BCUT2D eigenvalue weighted by atomic mass is 32.2. The number of sulfone groups is 1. The van der Waals surface area contributed by atoms with Gasteiger partial charge in [-0.25, -0.2) is 8.42 Å². The van der Waals surface area contributed by atoms with Gasteiger partial charge in [0.1, 0.15) is 4.90 Å². The van der Waals surface area contributed by atoms with Gasteiger partial charge in [0.05, 0.1) is 10.7 Å². The molecule has 0 saturated heterocycles. The third-order valence-electron chi connectivity index (χ3n) is 3.76. The summed E-state index contributed by atoms with van der Waals surface area (Å²) >= 11 is 0. The molecule has 0 aliphatic rings. The van der Waals surface area contributed by atoms with Gasteiger partial charge in [0.2, 0.25) is 0 Å². The maximum Gasteiger partial charge on any atom is 0.287 e. The van der Waals surface area contributed by atoms with E-state index in [-0.39, 0.29) is 21.8 Å². The van der Waals surface area contributed by atoms with Crippen LogP contribution in [0.5, 0.6) is 0 Å². The van der Waals surface area contributed by atoms with Crippen LogP contribution in [0.25, 0.3) is 0 Å². The Balaban J connectivity index is 2.92. The summed E-state index contributed by atoms with van der Waals surface area (Å²) in [6.45, 7) is 10.3. The summed E-state index contributed by atoms with van der Waals surface area (Å²) in [4.78, 5) is 10.2. The molecule has 0 aliphatic heterocycles. The normalized spacial score (nSPS) is 13.1. The Labute approximate surface area is 139 Å². The molecule has 1 rings (SSSR count). The average molecular weight is 341 g/mol. The van der Waals surface area contributed by atoms with E-state index in [0.717, 1.165) is 19.3 Å². The molecule has 0 fully saturated rings. The highest BCUT2D eigenvalue weighted by Gasteiger charge is 2.32. The lowest BCUT2D eigenvalue weighted by atomic mass is 9.84. The second-order valence-corrected chi connectivity index (χ2v) is 10.0. The molecule has 6 heteroatoms. The number of hydrogen-bond donors (Lipinski definition) is 0. The molecule has 0 heterocycles. The summed E-state index contributed by atoms with van der Waals surface area (Å²) in [6, 6.07) is 5.55. The van der Waals surface area contributed by atoms with Crippen LogP contribution in [0.3, 0.4) is 0 Å². The number of rotatable bonds is 7. The van der Waals surface area contributed by atoms with Crippen LogP contribution in [0, 0.1) is 20.9 Å². The Bertz CT molecular complexity index is 657. The predicted octanol–water partition coefficient (Wildman–Crippen LogP) is 4.61. The summed E-state index contributed by atoms with van der Waals surface area (Å²) < 4.78 is 25.3. The fraction of sp³-hybridized carbons (Fsp3) is 0.647. The number of benzene rings is 1. The quantitative estimate of drug-likeness (QED) is 0.536. The van der Waals surface area contributed by atoms with Gasteiger partial charge in [-0.1, -0.05) is 53.2 Å². The monoisotopic (exact) mass is 341 g/mol. The van der Waals surface area contributed by atoms with Crippen molar-refractivity contribution in [1.82, 2.24) is 0 Å². The molecule has 0 radical (unpaired) electrons. The van der Waals surface area contributed by atoms with E-state index in [1.54, 1.807) is 0 Å². The third-order valence-corrected chi connectivity index (χ3v) is 5.93. The molecule has 130 valence electrons. The summed E-state index contributed by atoms with van der Waals surface area (Å²) in [6.07, 6.45) is 2.72. The first-order valence-corrected chi connectivity index (χ1v) is 9.46. The third kappa shape index (κ3) is 6.29. The summed E-state index contributed by atoms with van der Waals surface area (Å²) in [5, 5.41) is 11.1. The molecule has 23 heavy (non-hydrogen) atoms. The lowest BCUT2D eigenvalue weighted by Crippen LogP contribution is -2.25. The molecular weight excluding hydrogens is 314 g/mol. The first-order valence-electron chi connectivity index (χ1n) is 7.80. The molecule has 0 bridgehead atoms. The van der Waals surface area contributed by atoms with Gasteiger partial charge in [-0.05, 0) is 29.7 Å². The molecule has 1 aromatic rings. The molecule has 1 aromatic carbocycles. The first kappa shape index (κ1) is 19.6. The highest BCUT2D eigenvalue weighted by Crippen LogP contribution is 2.33. The van der Waals surface area contributed by atoms with Gasteiger partial charge in [0, 0.05) is 6.07 Å². The minimum Gasteiger partial charge on any atom is -0.258 e. The van der Waals surface area contributed by atoms with Crippen molar-refractivity contribution in [2.24, 2.45) is 10.8 Å². The zero-order chi connectivity index (χ0) is 17.9. The molecule has 0 atom stereocenters. The van der Waals surface area contributed by atoms with Crippen molar-refractivity contribution in [1.29, 1.82) is 0 Å². The van der Waals surface area contributed by atoms with E-state index in [9.17, 15) is 18.5 Å². The molecule has 0 saturated carbocycles. The lowest BCUT2D eigenvalue weighted by molar-refractivity contribution is -0.387. The smallest absolute Gasteiger partial charge is 0.258 e. The Morgan fingerprint density at radius 1 is 1.04 bits per heavy atom. The minimum atomic E-state index is -3.70. The number of hydrogen-bond acceptors (Lipinski definition) is 4. The lowest BCUT2D eigenvalue weighted by Gasteiger charge is -2.26. The van der Waals surface area contributed by atoms with Crippen LogP contribution >= 0.6 is 0 Å². The van der Waals surface area contributed by atoms with Gasteiger partial charge in [0.25, 0.3) is 5.69 Å². The molecule has 0 N–H and O–H groups in total. The highest BCUT2D eigenvalue weighted by molar-refractivity contribution is 7.91. The molecule has 0 aliphatic carbocycles. The topological polar surface area (TPSA) is 77.3 Å². The molecule has 5 nitrogen and oxygen atoms in total. The van der Waals surface area contributed by atoms with E-state index in [0.29, 0.717) is 0 Å². The van der Waals surface area contributed by atoms with Crippen molar-refractivity contribution in [3.63, 3.8) is 0 Å². The molecule has 0 unspecified atom stereocenters. The summed E-state index contributed by atoms with van der Waals surface area (Å²) in [5.74, 6) is -0.0883. The first-order chi connectivity index (χ1) is 10.3. The van der Waals surface area contributed by atoms with Crippen molar-refractivity contribution >= 4 is 15.5 Å². The van der Waals surface area contributed by atoms with Crippen LogP contribution in [0.1, 0.15) is 53.9 Å². The minimum absolute atomic E-state index is 0.0883. The van der Waals surface area contributed by atoms with Gasteiger partial charge in [0.15, 0.2) is 9.84 Å². The summed E-state index contributed by atoms with van der Waals surface area (Å²) in [5.41, 5.74) is -0.556. The van der Waals surface area contributed by atoms with E-state index in [4.69, 9.17) is 0 Å². The van der Waals surface area contributed by atoms with E-state index >= 15 is 0 Å². The van der Waals surface area contributed by atoms with Crippen molar-refractivity contribution in [3.05, 3.63) is 34.4 Å². The number of nitro benzene ring substituents is 1. The van der Waals surface area contributed by atoms with E-state index in [1.807, 2.05) is 13.8 Å². The zero-order valence-corrected chi connectivity index (χ0v) is 15.4. The number of nitro groups is 1. The van der Waals surface area contributed by atoms with Gasteiger partial charge < -0.3 is 0 Å². The van der Waals surface area contributed by atoms with Crippen molar-refractivity contribution in [3.8, 4) is 0 Å². The van der Waals surface area contributed by atoms with Crippen LogP contribution < -0.4 is 0 Å². The maximum atomic E-state index is 12.6. The summed E-state index contributed by atoms with van der Waals surface area (Å²) in [7, 11) is -3.70. The largest absolute Gasteiger partial charge is 0.287 e. The Kier molecular flexibility index (Phi) is 5.96. The fourth-order valence-electron chi connectivity index (χ4n) is 2.63. The van der Waals surface area contributed by atoms with E-state index in [1.165, 1.54) is 24.3 Å². The Hall–Kier alpha value is -1.43. The van der Waals surface area contributed by atoms with Crippen LogP contribution in [-0.2, 0) is 9.84 Å². The van der Waals surface area contributed by atoms with E-state index < -0.39 is 20.2 Å². The van der Waals surface area contributed by atoms with E-state index in [2.05, 4.69) is 20.8 Å². The SMILES string of the molecule is CC(C)(C)CCCC(C)(C)CS(=O)(=O)c1ccccc1[N+](=O)[O-]. The van der Waals surface area contributed by atoms with Gasteiger partial charge >= 0.3 is 0 Å². The van der Waals surface area contributed by atoms with Crippen LogP contribution in [0.2, 0.25) is 0 Å². The van der Waals surface area contributed by atoms with Crippen molar-refractivity contribution in [2.45, 2.75) is 58.8 Å². The molecule has 0 amide bonds.